The number of hydrogen-bond acceptors (Lipinski definition) is 2. The second-order valence-electron chi connectivity index (χ2n) is 13.0. The van der Waals surface area contributed by atoms with Crippen LogP contribution >= 0.6 is 69.6 Å². The Kier molecular flexibility index (Phi) is 9.34. The number of aryl methyl sites for hydroxylation is 1. The fourth-order valence-corrected chi connectivity index (χ4v) is 8.94. The van der Waals surface area contributed by atoms with Gasteiger partial charge in [0.25, 0.3) is 0 Å². The minimum atomic E-state index is 0.461. The molecule has 6 heterocycles. The predicted octanol–water partition coefficient (Wildman–Crippen LogP) is 14.1. The van der Waals surface area contributed by atoms with Gasteiger partial charge in [-0.15, -0.1) is 0 Å². The molecule has 2 aliphatic rings. The van der Waals surface area contributed by atoms with Crippen LogP contribution in [0.1, 0.15) is 22.8 Å². The topological polar surface area (TPSA) is 61.2 Å². The normalized spacial score (nSPS) is 12.1. The summed E-state index contributed by atoms with van der Waals surface area (Å²) in [5.74, 6) is 0. The van der Waals surface area contributed by atoms with Gasteiger partial charge in [0, 0.05) is 73.1 Å². The number of aromatic nitrogens is 5. The molecule has 268 valence electrons. The van der Waals surface area contributed by atoms with Gasteiger partial charge in [0.15, 0.2) is 12.4 Å². The molecule has 0 atom stereocenters. The molecule has 0 saturated heterocycles. The monoisotopic (exact) mass is 834 g/mol. The first-order chi connectivity index (χ1) is 26.7. The average Bonchev–Trinajstić information content (AvgIpc) is 4.00. The maximum absolute atomic E-state index is 6.95. The standard InChI is InChI=1S/C44H25Cl6N5/c1-55-21-19-23(20-22-55)38-30-11-13-32(51-30)42(39-24(45)5-2-6-25(39)46)34-15-17-36(53-34)44(41-28(49)9-4-10-29(41)50)37-18-16-35(54-37)43(33-14-12-31(38)52-33)40-26(47)7-3-8-27(40)48/h2-22H,1H3,(H,51,52,53,54)/p+1. The van der Waals surface area contributed by atoms with Crippen molar-refractivity contribution in [2.75, 3.05) is 0 Å². The van der Waals surface area contributed by atoms with Gasteiger partial charge in [-0.1, -0.05) is 87.8 Å². The zero-order chi connectivity index (χ0) is 38.0. The fourth-order valence-electron chi connectivity index (χ4n) is 7.18. The molecule has 3 aromatic carbocycles. The van der Waals surface area contributed by atoms with Crippen molar-refractivity contribution in [3.05, 3.63) is 156 Å². The molecule has 0 aliphatic carbocycles. The van der Waals surface area contributed by atoms with Gasteiger partial charge in [-0.05, 0) is 90.5 Å². The lowest BCUT2D eigenvalue weighted by atomic mass is 10.0. The number of nitrogens with one attached hydrogen (secondary N) is 2. The summed E-state index contributed by atoms with van der Waals surface area (Å²) in [7, 11) is 1.98. The van der Waals surface area contributed by atoms with Gasteiger partial charge in [-0.2, -0.15) is 0 Å². The van der Waals surface area contributed by atoms with Crippen LogP contribution in [0.4, 0.5) is 0 Å². The molecule has 2 aliphatic heterocycles. The number of H-pyrrole nitrogens is 2. The van der Waals surface area contributed by atoms with Crippen molar-refractivity contribution in [3.8, 4) is 44.5 Å². The first-order valence-corrected chi connectivity index (χ1v) is 19.4. The van der Waals surface area contributed by atoms with Gasteiger partial charge < -0.3 is 9.97 Å². The largest absolute Gasteiger partial charge is 0.354 e. The molecular weight excluding hydrogens is 811 g/mol. The highest BCUT2D eigenvalue weighted by atomic mass is 35.5. The molecular formula is C44H26Cl6N5+. The number of rotatable bonds is 4. The van der Waals surface area contributed by atoms with Crippen LogP contribution in [0.25, 0.3) is 90.9 Å². The highest BCUT2D eigenvalue weighted by Crippen LogP contribution is 2.45. The Morgan fingerprint density at radius 2 is 0.673 bits per heavy atom. The van der Waals surface area contributed by atoms with Gasteiger partial charge in [0.05, 0.1) is 52.9 Å². The van der Waals surface area contributed by atoms with E-state index in [-0.39, 0.29) is 0 Å². The molecule has 11 heteroatoms. The highest BCUT2D eigenvalue weighted by Gasteiger charge is 2.23. The summed E-state index contributed by atoms with van der Waals surface area (Å²) in [6.07, 6.45) is 11.9. The number of aromatic amines is 2. The Hall–Kier alpha value is -4.85. The van der Waals surface area contributed by atoms with Crippen LogP contribution < -0.4 is 4.57 Å². The number of benzene rings is 3. The first kappa shape index (κ1) is 35.8. The molecule has 0 fully saturated rings. The molecule has 0 radical (unpaired) electrons. The zero-order valence-electron chi connectivity index (χ0n) is 28.7. The fraction of sp³-hybridized carbons (Fsp3) is 0.0227. The summed E-state index contributed by atoms with van der Waals surface area (Å²) < 4.78 is 1.99. The third-order valence-electron chi connectivity index (χ3n) is 9.66. The number of hydrogen-bond donors (Lipinski definition) is 2. The molecule has 4 aromatic heterocycles. The Balaban J connectivity index is 1.53. The van der Waals surface area contributed by atoms with E-state index < -0.39 is 0 Å². The van der Waals surface area contributed by atoms with Crippen molar-refractivity contribution < 1.29 is 4.57 Å². The van der Waals surface area contributed by atoms with Crippen molar-refractivity contribution in [1.82, 2.24) is 19.9 Å². The Morgan fingerprint density at radius 1 is 0.382 bits per heavy atom. The number of halogens is 6. The summed E-state index contributed by atoms with van der Waals surface area (Å²) in [6, 6.07) is 28.5. The summed E-state index contributed by atoms with van der Waals surface area (Å²) in [4.78, 5) is 17.9. The number of pyridine rings is 1. The van der Waals surface area contributed by atoms with Crippen LogP contribution in [0, 0.1) is 0 Å². The van der Waals surface area contributed by atoms with Crippen LogP contribution in [-0.4, -0.2) is 19.9 Å². The van der Waals surface area contributed by atoms with Gasteiger partial charge in [-0.3, -0.25) is 0 Å². The van der Waals surface area contributed by atoms with E-state index >= 15 is 0 Å². The molecule has 0 saturated carbocycles. The lowest BCUT2D eigenvalue weighted by Crippen LogP contribution is -2.25. The van der Waals surface area contributed by atoms with E-state index in [0.29, 0.717) is 75.0 Å². The predicted molar refractivity (Wildman–Crippen MR) is 232 cm³/mol. The molecule has 9 rings (SSSR count). The molecule has 7 aromatic rings. The summed E-state index contributed by atoms with van der Waals surface area (Å²) >= 11 is 41.7. The van der Waals surface area contributed by atoms with Gasteiger partial charge in [0.2, 0.25) is 0 Å². The quantitative estimate of drug-likeness (QED) is 0.174. The van der Waals surface area contributed by atoms with Crippen LogP contribution in [0.5, 0.6) is 0 Å². The van der Waals surface area contributed by atoms with Crippen molar-refractivity contribution in [2.45, 2.75) is 0 Å². The third-order valence-corrected chi connectivity index (χ3v) is 11.5. The smallest absolute Gasteiger partial charge is 0.169 e. The molecule has 55 heavy (non-hydrogen) atoms. The van der Waals surface area contributed by atoms with E-state index in [4.69, 9.17) is 79.6 Å². The van der Waals surface area contributed by atoms with Crippen molar-refractivity contribution >= 4 is 116 Å². The maximum atomic E-state index is 6.95. The van der Waals surface area contributed by atoms with Crippen LogP contribution in [0.15, 0.2) is 103 Å². The van der Waals surface area contributed by atoms with Crippen molar-refractivity contribution in [1.29, 1.82) is 0 Å². The maximum Gasteiger partial charge on any atom is 0.169 e. The second-order valence-corrected chi connectivity index (χ2v) is 15.5. The number of fused-ring (bicyclic) bond motifs is 8. The lowest BCUT2D eigenvalue weighted by Gasteiger charge is -2.11. The van der Waals surface area contributed by atoms with Crippen molar-refractivity contribution in [2.24, 2.45) is 7.05 Å². The first-order valence-electron chi connectivity index (χ1n) is 17.1. The summed E-state index contributed by atoms with van der Waals surface area (Å²) in [6.45, 7) is 0. The Labute approximate surface area is 346 Å². The van der Waals surface area contributed by atoms with Gasteiger partial charge in [0.1, 0.15) is 7.05 Å². The molecule has 5 nitrogen and oxygen atoms in total. The lowest BCUT2D eigenvalue weighted by molar-refractivity contribution is -0.671. The van der Waals surface area contributed by atoms with E-state index in [9.17, 15) is 0 Å². The molecule has 0 spiro atoms. The average molecular weight is 837 g/mol. The second kappa shape index (κ2) is 14.3. The van der Waals surface area contributed by atoms with E-state index in [1.54, 1.807) is 12.1 Å². The van der Waals surface area contributed by atoms with E-state index in [1.807, 2.05) is 115 Å². The molecule has 2 N–H and O–H groups in total. The van der Waals surface area contributed by atoms with E-state index in [0.717, 1.165) is 44.5 Å². The van der Waals surface area contributed by atoms with Crippen LogP contribution in [0.3, 0.4) is 0 Å². The van der Waals surface area contributed by atoms with Crippen molar-refractivity contribution in [3.63, 3.8) is 0 Å². The Bertz CT molecular complexity index is 2850. The van der Waals surface area contributed by atoms with E-state index in [1.165, 1.54) is 0 Å². The van der Waals surface area contributed by atoms with E-state index in [2.05, 4.69) is 22.1 Å². The number of nitrogens with zero attached hydrogens (tertiary/aromatic N) is 3. The third kappa shape index (κ3) is 6.35. The minimum Gasteiger partial charge on any atom is -0.354 e. The summed E-state index contributed by atoms with van der Waals surface area (Å²) in [5, 5.41) is 2.84. The molecule has 0 unspecified atom stereocenters. The van der Waals surface area contributed by atoms with Gasteiger partial charge in [-0.25, -0.2) is 14.5 Å². The molecule has 0 amide bonds. The SMILES string of the molecule is C[n+]1ccc(-c2c3nc(c(-c4c(Cl)cccc4Cl)c4ccc([nH]4)c(-c4c(Cl)cccc4Cl)c4nc(c(-c5c(Cl)cccc5Cl)c5ccc2[nH]5)C=C4)C=C3)cc1. The highest BCUT2D eigenvalue weighted by molar-refractivity contribution is 6.41. The minimum absolute atomic E-state index is 0.461. The molecule has 8 bridgehead atoms. The zero-order valence-corrected chi connectivity index (χ0v) is 33.3. The van der Waals surface area contributed by atoms with Crippen LogP contribution in [-0.2, 0) is 7.05 Å². The van der Waals surface area contributed by atoms with Crippen LogP contribution in [0.2, 0.25) is 30.1 Å². The Morgan fingerprint density at radius 3 is 1.00 bits per heavy atom. The van der Waals surface area contributed by atoms with Gasteiger partial charge >= 0.3 is 0 Å². The summed E-state index contributed by atoms with van der Waals surface area (Å²) in [5.41, 5.74) is 11.5.